The molecule has 0 aliphatic heterocycles. The lowest BCUT2D eigenvalue weighted by molar-refractivity contribution is -0.118. The number of halogens is 1. The lowest BCUT2D eigenvalue weighted by atomic mass is 10.2. The molecule has 0 fully saturated rings. The second kappa shape index (κ2) is 9.36. The molecule has 6 nitrogen and oxygen atoms in total. The summed E-state index contributed by atoms with van der Waals surface area (Å²) in [6.07, 6.45) is 0. The molecule has 0 unspecified atom stereocenters. The number of carbonyl (C=O) groups is 2. The highest BCUT2D eigenvalue weighted by atomic mass is 19.1. The Morgan fingerprint density at radius 2 is 1.66 bits per heavy atom. The second-order valence-electron chi connectivity index (χ2n) is 6.03. The summed E-state index contributed by atoms with van der Waals surface area (Å²) < 4.78 is 24.2. The van der Waals surface area contributed by atoms with E-state index in [0.717, 1.165) is 0 Å². The number of hydrogen-bond acceptors (Lipinski definition) is 4. The molecule has 29 heavy (non-hydrogen) atoms. The number of nitrogens with one attached hydrogen (secondary N) is 2. The van der Waals surface area contributed by atoms with Crippen molar-refractivity contribution in [2.75, 3.05) is 24.4 Å². The Bertz CT molecular complexity index is 1010. The Hall–Kier alpha value is -3.87. The predicted octanol–water partition coefficient (Wildman–Crippen LogP) is 4.10. The van der Waals surface area contributed by atoms with Gasteiger partial charge in [0.15, 0.2) is 6.61 Å². The molecule has 0 atom stereocenters. The van der Waals surface area contributed by atoms with Gasteiger partial charge in [-0.3, -0.25) is 9.59 Å². The molecule has 3 rings (SSSR count). The van der Waals surface area contributed by atoms with E-state index >= 15 is 0 Å². The molecule has 0 aromatic heterocycles. The minimum absolute atomic E-state index is 0.104. The van der Waals surface area contributed by atoms with Crippen molar-refractivity contribution in [2.45, 2.75) is 0 Å². The number of para-hydroxylation sites is 1. The van der Waals surface area contributed by atoms with Gasteiger partial charge in [-0.25, -0.2) is 4.39 Å². The average molecular weight is 394 g/mol. The maximum Gasteiger partial charge on any atom is 0.262 e. The first-order valence-corrected chi connectivity index (χ1v) is 8.78. The van der Waals surface area contributed by atoms with Gasteiger partial charge in [0.1, 0.15) is 17.3 Å². The molecule has 0 aliphatic carbocycles. The molecule has 3 aromatic rings. The zero-order valence-corrected chi connectivity index (χ0v) is 15.6. The molecule has 2 amide bonds. The first-order chi connectivity index (χ1) is 14.0. The van der Waals surface area contributed by atoms with Crippen LogP contribution in [0, 0.1) is 5.82 Å². The molecular weight excluding hydrogens is 375 g/mol. The van der Waals surface area contributed by atoms with E-state index < -0.39 is 11.7 Å². The topological polar surface area (TPSA) is 76.7 Å². The third kappa shape index (κ3) is 5.55. The molecule has 0 heterocycles. The van der Waals surface area contributed by atoms with E-state index in [9.17, 15) is 14.0 Å². The zero-order valence-electron chi connectivity index (χ0n) is 15.6. The summed E-state index contributed by atoms with van der Waals surface area (Å²) in [6, 6.07) is 19.1. The maximum atomic E-state index is 13.6. The fourth-order valence-corrected chi connectivity index (χ4v) is 2.51. The van der Waals surface area contributed by atoms with Crippen molar-refractivity contribution in [3.63, 3.8) is 0 Å². The number of methoxy groups -OCH3 is 1. The lowest BCUT2D eigenvalue weighted by Gasteiger charge is -2.09. The molecule has 148 valence electrons. The fourth-order valence-electron chi connectivity index (χ4n) is 2.51. The van der Waals surface area contributed by atoms with Gasteiger partial charge in [0, 0.05) is 17.3 Å². The largest absolute Gasteiger partial charge is 0.497 e. The summed E-state index contributed by atoms with van der Waals surface area (Å²) >= 11 is 0. The van der Waals surface area contributed by atoms with E-state index in [2.05, 4.69) is 10.6 Å². The standard InChI is InChI=1S/C22H19FN2O4/c1-28-18-6-4-5-16(13-18)24-21(26)14-29-17-11-9-15(10-12-17)22(27)25-20-8-3-2-7-19(20)23/h2-13H,14H2,1H3,(H,24,26)(H,25,27). The highest BCUT2D eigenvalue weighted by Gasteiger charge is 2.10. The van der Waals surface area contributed by atoms with Gasteiger partial charge in [-0.1, -0.05) is 18.2 Å². The van der Waals surface area contributed by atoms with Crippen LogP contribution in [-0.2, 0) is 4.79 Å². The summed E-state index contributed by atoms with van der Waals surface area (Å²) in [5.41, 5.74) is 1.03. The Kier molecular flexibility index (Phi) is 6.42. The molecule has 0 spiro atoms. The molecule has 0 saturated carbocycles. The molecule has 3 aromatic carbocycles. The van der Waals surface area contributed by atoms with Crippen molar-refractivity contribution < 1.29 is 23.5 Å². The van der Waals surface area contributed by atoms with Crippen molar-refractivity contribution >= 4 is 23.2 Å². The molecule has 2 N–H and O–H groups in total. The maximum absolute atomic E-state index is 13.6. The van der Waals surface area contributed by atoms with Gasteiger partial charge in [-0.15, -0.1) is 0 Å². The van der Waals surface area contributed by atoms with Crippen LogP contribution in [0.3, 0.4) is 0 Å². The Morgan fingerprint density at radius 3 is 2.38 bits per heavy atom. The highest BCUT2D eigenvalue weighted by Crippen LogP contribution is 2.18. The fraction of sp³-hybridized carbons (Fsp3) is 0.0909. The zero-order chi connectivity index (χ0) is 20.6. The van der Waals surface area contributed by atoms with Crippen molar-refractivity contribution in [1.29, 1.82) is 0 Å². The Balaban J connectivity index is 1.53. The van der Waals surface area contributed by atoms with E-state index in [-0.39, 0.29) is 18.2 Å². The van der Waals surface area contributed by atoms with Crippen LogP contribution in [0.4, 0.5) is 15.8 Å². The normalized spacial score (nSPS) is 10.1. The number of carbonyl (C=O) groups excluding carboxylic acids is 2. The number of amides is 2. The van der Waals surface area contributed by atoms with Crippen LogP contribution in [0.15, 0.2) is 72.8 Å². The van der Waals surface area contributed by atoms with Gasteiger partial charge >= 0.3 is 0 Å². The summed E-state index contributed by atoms with van der Waals surface area (Å²) in [6.45, 7) is -0.196. The van der Waals surface area contributed by atoms with E-state index in [1.54, 1.807) is 55.6 Å². The summed E-state index contributed by atoms with van der Waals surface area (Å²) in [4.78, 5) is 24.2. The van der Waals surface area contributed by atoms with E-state index in [0.29, 0.717) is 22.7 Å². The number of benzene rings is 3. The third-order valence-electron chi connectivity index (χ3n) is 3.96. The number of hydrogen-bond donors (Lipinski definition) is 2. The lowest BCUT2D eigenvalue weighted by Crippen LogP contribution is -2.20. The SMILES string of the molecule is COc1cccc(NC(=O)COc2ccc(C(=O)Nc3ccccc3F)cc2)c1. The van der Waals surface area contributed by atoms with E-state index in [1.807, 2.05) is 0 Å². The molecule has 0 saturated heterocycles. The Labute approximate surface area is 167 Å². The summed E-state index contributed by atoms with van der Waals surface area (Å²) in [5.74, 6) is -0.235. The average Bonchev–Trinajstić information content (AvgIpc) is 2.74. The van der Waals surface area contributed by atoms with Crippen LogP contribution in [0.2, 0.25) is 0 Å². The highest BCUT2D eigenvalue weighted by molar-refractivity contribution is 6.04. The van der Waals surface area contributed by atoms with Gasteiger partial charge in [-0.05, 0) is 48.5 Å². The van der Waals surface area contributed by atoms with Crippen molar-refractivity contribution in [3.05, 3.63) is 84.2 Å². The second-order valence-corrected chi connectivity index (χ2v) is 6.03. The number of rotatable bonds is 7. The molecule has 0 radical (unpaired) electrons. The first-order valence-electron chi connectivity index (χ1n) is 8.78. The molecule has 0 aliphatic rings. The van der Waals surface area contributed by atoms with Crippen LogP contribution in [0.5, 0.6) is 11.5 Å². The summed E-state index contributed by atoms with van der Waals surface area (Å²) in [7, 11) is 1.55. The van der Waals surface area contributed by atoms with Crippen LogP contribution < -0.4 is 20.1 Å². The van der Waals surface area contributed by atoms with Gasteiger partial charge in [0.25, 0.3) is 11.8 Å². The van der Waals surface area contributed by atoms with Gasteiger partial charge in [0.2, 0.25) is 0 Å². The van der Waals surface area contributed by atoms with Gasteiger partial charge in [-0.2, -0.15) is 0 Å². The number of anilines is 2. The van der Waals surface area contributed by atoms with Gasteiger partial charge < -0.3 is 20.1 Å². The van der Waals surface area contributed by atoms with Crippen molar-refractivity contribution in [2.24, 2.45) is 0 Å². The minimum Gasteiger partial charge on any atom is -0.497 e. The van der Waals surface area contributed by atoms with Crippen LogP contribution >= 0.6 is 0 Å². The Morgan fingerprint density at radius 1 is 0.897 bits per heavy atom. The number of ether oxygens (including phenoxy) is 2. The van der Waals surface area contributed by atoms with Crippen molar-refractivity contribution in [1.82, 2.24) is 0 Å². The van der Waals surface area contributed by atoms with E-state index in [1.165, 1.54) is 24.3 Å². The predicted molar refractivity (Wildman–Crippen MR) is 108 cm³/mol. The smallest absolute Gasteiger partial charge is 0.262 e. The third-order valence-corrected chi connectivity index (χ3v) is 3.96. The molecule has 0 bridgehead atoms. The van der Waals surface area contributed by atoms with E-state index in [4.69, 9.17) is 9.47 Å². The quantitative estimate of drug-likeness (QED) is 0.632. The summed E-state index contributed by atoms with van der Waals surface area (Å²) in [5, 5.41) is 5.21. The van der Waals surface area contributed by atoms with Crippen LogP contribution in [-0.4, -0.2) is 25.5 Å². The molecular formula is C22H19FN2O4. The van der Waals surface area contributed by atoms with Crippen LogP contribution in [0.1, 0.15) is 10.4 Å². The molecule has 7 heteroatoms. The minimum atomic E-state index is -0.511. The van der Waals surface area contributed by atoms with Gasteiger partial charge in [0.05, 0.1) is 12.8 Å². The first kappa shape index (κ1) is 19.9. The monoisotopic (exact) mass is 394 g/mol. The van der Waals surface area contributed by atoms with Crippen molar-refractivity contribution in [3.8, 4) is 11.5 Å². The van der Waals surface area contributed by atoms with Crippen LogP contribution in [0.25, 0.3) is 0 Å².